The summed E-state index contributed by atoms with van der Waals surface area (Å²) < 4.78 is 4.96. The van der Waals surface area contributed by atoms with Crippen molar-refractivity contribution in [1.29, 1.82) is 0 Å². The van der Waals surface area contributed by atoms with Gasteiger partial charge in [0.25, 0.3) is 5.91 Å². The van der Waals surface area contributed by atoms with E-state index >= 15 is 0 Å². The molecule has 0 unspecified atom stereocenters. The maximum Gasteiger partial charge on any atom is 0.339 e. The number of amides is 1. The van der Waals surface area contributed by atoms with Crippen LogP contribution in [0.3, 0.4) is 0 Å². The van der Waals surface area contributed by atoms with Crippen LogP contribution in [0.5, 0.6) is 0 Å². The van der Waals surface area contributed by atoms with Gasteiger partial charge in [-0.2, -0.15) is 5.10 Å². The molecule has 1 aliphatic rings. The second-order valence-electron chi connectivity index (χ2n) is 5.61. The molecule has 3 rings (SSSR count). The molecule has 128 valence electrons. The highest BCUT2D eigenvalue weighted by molar-refractivity contribution is 6.27. The van der Waals surface area contributed by atoms with E-state index in [1.165, 1.54) is 5.56 Å². The van der Waals surface area contributed by atoms with E-state index in [0.29, 0.717) is 35.6 Å². The van der Waals surface area contributed by atoms with Crippen molar-refractivity contribution in [2.75, 3.05) is 6.61 Å². The molecule has 1 aliphatic heterocycles. The van der Waals surface area contributed by atoms with Crippen LogP contribution in [0.25, 0.3) is 6.08 Å². The van der Waals surface area contributed by atoms with Crippen molar-refractivity contribution >= 4 is 23.7 Å². The minimum Gasteiger partial charge on any atom is -0.462 e. The number of H-pyrrole nitrogens is 1. The molecule has 0 fully saturated rings. The van der Waals surface area contributed by atoms with Crippen LogP contribution < -0.4 is 5.43 Å². The monoisotopic (exact) mass is 337 g/mol. The first kappa shape index (κ1) is 16.7. The summed E-state index contributed by atoms with van der Waals surface area (Å²) in [5.41, 5.74) is 5.99. The highest BCUT2D eigenvalue weighted by Crippen LogP contribution is 2.17. The van der Waals surface area contributed by atoms with Crippen molar-refractivity contribution in [1.82, 2.24) is 10.4 Å². The number of esters is 1. The Morgan fingerprint density at radius 3 is 2.80 bits per heavy atom. The molecule has 1 amide bonds. The molecule has 0 spiro atoms. The van der Waals surface area contributed by atoms with E-state index in [0.717, 1.165) is 6.42 Å². The topological polar surface area (TPSA) is 83.5 Å². The standard InChI is InChI=1S/C19H19N3O3/c1-2-25-19(24)14-10-15(20-12-14)11-16-17(21-22-18(16)23)9-8-13-6-4-3-5-7-13/h3-7,10-12,20H,2,8-9H2,1H3,(H,22,23). The van der Waals surface area contributed by atoms with E-state index < -0.39 is 5.97 Å². The zero-order chi connectivity index (χ0) is 17.6. The summed E-state index contributed by atoms with van der Waals surface area (Å²) in [5, 5.41) is 4.12. The normalized spacial score (nSPS) is 15.2. The maximum absolute atomic E-state index is 12.0. The number of aryl methyl sites for hydroxylation is 1. The first-order valence-corrected chi connectivity index (χ1v) is 8.16. The third kappa shape index (κ3) is 4.03. The quantitative estimate of drug-likeness (QED) is 0.628. The van der Waals surface area contributed by atoms with Crippen LogP contribution in [0.2, 0.25) is 0 Å². The molecular formula is C19H19N3O3. The number of aromatic amines is 1. The lowest BCUT2D eigenvalue weighted by molar-refractivity contribution is -0.116. The second-order valence-corrected chi connectivity index (χ2v) is 5.61. The summed E-state index contributed by atoms with van der Waals surface area (Å²) in [6.45, 7) is 2.07. The van der Waals surface area contributed by atoms with Gasteiger partial charge in [-0.3, -0.25) is 4.79 Å². The molecule has 0 radical (unpaired) electrons. The highest BCUT2D eigenvalue weighted by atomic mass is 16.5. The van der Waals surface area contributed by atoms with Gasteiger partial charge in [0.05, 0.1) is 23.5 Å². The van der Waals surface area contributed by atoms with Gasteiger partial charge in [0.1, 0.15) is 0 Å². The van der Waals surface area contributed by atoms with Crippen molar-refractivity contribution in [2.24, 2.45) is 5.10 Å². The van der Waals surface area contributed by atoms with Gasteiger partial charge < -0.3 is 9.72 Å². The fourth-order valence-corrected chi connectivity index (χ4v) is 2.60. The molecule has 0 saturated heterocycles. The lowest BCUT2D eigenvalue weighted by Gasteiger charge is -2.02. The van der Waals surface area contributed by atoms with Crippen molar-refractivity contribution < 1.29 is 14.3 Å². The minimum absolute atomic E-state index is 0.240. The average Bonchev–Trinajstić information content (AvgIpc) is 3.23. The Morgan fingerprint density at radius 2 is 2.04 bits per heavy atom. The van der Waals surface area contributed by atoms with E-state index in [9.17, 15) is 9.59 Å². The predicted octanol–water partition coefficient (Wildman–Crippen LogP) is 2.69. The van der Waals surface area contributed by atoms with E-state index in [1.807, 2.05) is 30.3 Å². The van der Waals surface area contributed by atoms with Gasteiger partial charge in [-0.15, -0.1) is 0 Å². The van der Waals surface area contributed by atoms with E-state index in [1.54, 1.807) is 25.3 Å². The number of aromatic nitrogens is 1. The van der Waals surface area contributed by atoms with E-state index in [-0.39, 0.29) is 5.91 Å². The number of rotatable bonds is 6. The van der Waals surface area contributed by atoms with Crippen LogP contribution in [0, 0.1) is 0 Å². The van der Waals surface area contributed by atoms with Gasteiger partial charge in [0.2, 0.25) is 0 Å². The lowest BCUT2D eigenvalue weighted by atomic mass is 10.0. The van der Waals surface area contributed by atoms with E-state index in [4.69, 9.17) is 4.74 Å². The molecule has 1 aromatic heterocycles. The number of benzene rings is 1. The zero-order valence-corrected chi connectivity index (χ0v) is 13.9. The molecular weight excluding hydrogens is 318 g/mol. The summed E-state index contributed by atoms with van der Waals surface area (Å²) in [5.74, 6) is -0.632. The highest BCUT2D eigenvalue weighted by Gasteiger charge is 2.22. The minimum atomic E-state index is -0.391. The molecule has 2 aromatic rings. The summed E-state index contributed by atoms with van der Waals surface area (Å²) in [6, 6.07) is 11.7. The van der Waals surface area contributed by atoms with Gasteiger partial charge in [-0.25, -0.2) is 10.2 Å². The smallest absolute Gasteiger partial charge is 0.339 e. The number of nitrogens with one attached hydrogen (secondary N) is 2. The summed E-state index contributed by atoms with van der Waals surface area (Å²) in [6.07, 6.45) is 4.72. The van der Waals surface area contributed by atoms with Crippen molar-refractivity contribution in [3.05, 3.63) is 65.0 Å². The zero-order valence-electron chi connectivity index (χ0n) is 13.9. The summed E-state index contributed by atoms with van der Waals surface area (Å²) in [7, 11) is 0. The molecule has 0 atom stereocenters. The maximum atomic E-state index is 12.0. The summed E-state index contributed by atoms with van der Waals surface area (Å²) in [4.78, 5) is 26.7. The molecule has 6 heteroatoms. The van der Waals surface area contributed by atoms with Crippen LogP contribution in [0.4, 0.5) is 0 Å². The van der Waals surface area contributed by atoms with Crippen LogP contribution in [-0.2, 0) is 16.0 Å². The Balaban J connectivity index is 1.73. The van der Waals surface area contributed by atoms with E-state index in [2.05, 4.69) is 15.5 Å². The fourth-order valence-electron chi connectivity index (χ4n) is 2.60. The van der Waals surface area contributed by atoms with Crippen LogP contribution in [0.1, 0.15) is 35.0 Å². The Bertz CT molecular complexity index is 835. The van der Waals surface area contributed by atoms with Crippen LogP contribution >= 0.6 is 0 Å². The number of carbonyl (C=O) groups is 2. The Labute approximate surface area is 145 Å². The number of hydrogen-bond acceptors (Lipinski definition) is 4. The first-order valence-electron chi connectivity index (χ1n) is 8.16. The van der Waals surface area contributed by atoms with Crippen LogP contribution in [-0.4, -0.2) is 29.2 Å². The number of hydrogen-bond donors (Lipinski definition) is 2. The van der Waals surface area contributed by atoms with Gasteiger partial charge in [0, 0.05) is 11.9 Å². The number of ether oxygens (including phenoxy) is 1. The number of carbonyl (C=O) groups excluding carboxylic acids is 2. The molecule has 6 nitrogen and oxygen atoms in total. The molecule has 0 aliphatic carbocycles. The largest absolute Gasteiger partial charge is 0.462 e. The molecule has 2 heterocycles. The fraction of sp³-hybridized carbons (Fsp3) is 0.211. The molecule has 0 saturated carbocycles. The van der Waals surface area contributed by atoms with Crippen LogP contribution in [0.15, 0.2) is 53.3 Å². The van der Waals surface area contributed by atoms with Gasteiger partial charge in [-0.05, 0) is 37.5 Å². The second kappa shape index (κ2) is 7.61. The third-order valence-electron chi connectivity index (χ3n) is 3.86. The average molecular weight is 337 g/mol. The third-order valence-corrected chi connectivity index (χ3v) is 3.86. The number of nitrogens with zero attached hydrogens (tertiary/aromatic N) is 1. The van der Waals surface area contributed by atoms with Gasteiger partial charge in [0.15, 0.2) is 0 Å². The van der Waals surface area contributed by atoms with Crippen molar-refractivity contribution in [3.63, 3.8) is 0 Å². The van der Waals surface area contributed by atoms with Crippen molar-refractivity contribution in [3.8, 4) is 0 Å². The summed E-state index contributed by atoms with van der Waals surface area (Å²) >= 11 is 0. The lowest BCUT2D eigenvalue weighted by Crippen LogP contribution is -2.13. The molecule has 1 aromatic carbocycles. The van der Waals surface area contributed by atoms with Crippen molar-refractivity contribution in [2.45, 2.75) is 19.8 Å². The molecule has 2 N–H and O–H groups in total. The Kier molecular flexibility index (Phi) is 5.09. The SMILES string of the molecule is CCOC(=O)c1c[nH]c(C=C2C(=O)NN=C2CCc2ccccc2)c1. The van der Waals surface area contributed by atoms with Gasteiger partial charge >= 0.3 is 5.97 Å². The molecule has 25 heavy (non-hydrogen) atoms. The van der Waals surface area contributed by atoms with Gasteiger partial charge in [-0.1, -0.05) is 30.3 Å². The Morgan fingerprint density at radius 1 is 1.24 bits per heavy atom. The Hall–Kier alpha value is -3.15. The molecule has 0 bridgehead atoms. The predicted molar refractivity (Wildman–Crippen MR) is 95.1 cm³/mol. The number of hydrazone groups is 1. The first-order chi connectivity index (χ1) is 12.2.